The van der Waals surface area contributed by atoms with Crippen LogP contribution in [-0.2, 0) is 5.41 Å². The number of hydrogen-bond acceptors (Lipinski definition) is 1. The average Bonchev–Trinajstić information content (AvgIpc) is 2.89. The summed E-state index contributed by atoms with van der Waals surface area (Å²) in [6.07, 6.45) is 6.94. The fourth-order valence-corrected chi connectivity index (χ4v) is 4.62. The monoisotopic (exact) mass is 338 g/mol. The van der Waals surface area contributed by atoms with Crippen LogP contribution in [0.25, 0.3) is 27.5 Å². The van der Waals surface area contributed by atoms with Gasteiger partial charge in [0.05, 0.1) is 0 Å². The van der Waals surface area contributed by atoms with Gasteiger partial charge in [-0.1, -0.05) is 61.9 Å². The van der Waals surface area contributed by atoms with Crippen LogP contribution in [0.4, 0.5) is 0 Å². The summed E-state index contributed by atoms with van der Waals surface area (Å²) in [4.78, 5) is 0. The van der Waals surface area contributed by atoms with Crippen molar-refractivity contribution in [1.29, 1.82) is 0 Å². The van der Waals surface area contributed by atoms with Crippen LogP contribution < -0.4 is 0 Å². The average molecular weight is 338 g/mol. The Hall–Kier alpha value is -2.80. The van der Waals surface area contributed by atoms with E-state index in [1.54, 1.807) is 11.6 Å². The van der Waals surface area contributed by atoms with Gasteiger partial charge in [0.15, 0.2) is 0 Å². The third-order valence-electron chi connectivity index (χ3n) is 6.07. The van der Waals surface area contributed by atoms with Crippen molar-refractivity contribution < 1.29 is 5.11 Å². The van der Waals surface area contributed by atoms with Gasteiger partial charge in [-0.15, -0.1) is 0 Å². The quantitative estimate of drug-likeness (QED) is 0.529. The molecule has 0 heterocycles. The fraction of sp³-hybridized carbons (Fsp3) is 0.200. The maximum Gasteiger partial charge on any atom is 0.116 e. The molecule has 0 radical (unpaired) electrons. The zero-order valence-electron chi connectivity index (χ0n) is 15.2. The number of phenols is 1. The van der Waals surface area contributed by atoms with Gasteiger partial charge in [0, 0.05) is 5.41 Å². The molecule has 5 rings (SSSR count). The van der Waals surface area contributed by atoms with E-state index in [4.69, 9.17) is 0 Å². The number of hydrogen-bond donors (Lipinski definition) is 1. The normalized spacial score (nSPS) is 17.5. The minimum Gasteiger partial charge on any atom is -0.508 e. The number of allylic oxidation sites excluding steroid dienone is 4. The molecule has 128 valence electrons. The molecule has 0 spiro atoms. The first-order valence-electron chi connectivity index (χ1n) is 9.32. The predicted octanol–water partition coefficient (Wildman–Crippen LogP) is 6.61. The Morgan fingerprint density at radius 1 is 0.846 bits per heavy atom. The number of aromatic hydroxyl groups is 1. The molecule has 3 aromatic rings. The summed E-state index contributed by atoms with van der Waals surface area (Å²) >= 11 is 0. The summed E-state index contributed by atoms with van der Waals surface area (Å²) < 4.78 is 0. The lowest BCUT2D eigenvalue weighted by Gasteiger charge is -2.26. The summed E-state index contributed by atoms with van der Waals surface area (Å²) in [6, 6.07) is 18.9. The number of rotatable bonds is 1. The van der Waals surface area contributed by atoms with Crippen LogP contribution in [-0.4, -0.2) is 5.11 Å². The lowest BCUT2D eigenvalue weighted by Crippen LogP contribution is -2.17. The predicted molar refractivity (Wildman–Crippen MR) is 109 cm³/mol. The SMILES string of the molecule is CC1(C)C2=C(C=CCC2)c2ccc(-c3ccc4cc(O)ccc4c3)cc21. The second-order valence-corrected chi connectivity index (χ2v) is 7.96. The van der Waals surface area contributed by atoms with Gasteiger partial charge < -0.3 is 5.11 Å². The van der Waals surface area contributed by atoms with Crippen LogP contribution in [0, 0.1) is 0 Å². The minimum absolute atomic E-state index is 0.105. The Bertz CT molecular complexity index is 1110. The summed E-state index contributed by atoms with van der Waals surface area (Å²) in [5, 5.41) is 11.9. The van der Waals surface area contributed by atoms with Crippen LogP contribution in [0.3, 0.4) is 0 Å². The molecule has 0 atom stereocenters. The first-order valence-corrected chi connectivity index (χ1v) is 9.32. The van der Waals surface area contributed by atoms with E-state index in [-0.39, 0.29) is 5.41 Å². The Morgan fingerprint density at radius 3 is 2.46 bits per heavy atom. The molecular weight excluding hydrogens is 316 g/mol. The smallest absolute Gasteiger partial charge is 0.116 e. The van der Waals surface area contributed by atoms with Crippen molar-refractivity contribution in [2.45, 2.75) is 32.1 Å². The first kappa shape index (κ1) is 15.5. The molecule has 0 fully saturated rings. The highest BCUT2D eigenvalue weighted by molar-refractivity contribution is 5.91. The van der Waals surface area contributed by atoms with Crippen molar-refractivity contribution in [1.82, 2.24) is 0 Å². The van der Waals surface area contributed by atoms with E-state index in [1.165, 1.54) is 34.2 Å². The maximum absolute atomic E-state index is 9.67. The van der Waals surface area contributed by atoms with Gasteiger partial charge in [0.2, 0.25) is 0 Å². The molecule has 1 heteroatoms. The topological polar surface area (TPSA) is 20.2 Å². The maximum atomic E-state index is 9.67. The molecule has 0 amide bonds. The zero-order valence-corrected chi connectivity index (χ0v) is 15.2. The van der Waals surface area contributed by atoms with Crippen molar-refractivity contribution in [2.75, 3.05) is 0 Å². The van der Waals surface area contributed by atoms with Gasteiger partial charge in [0.25, 0.3) is 0 Å². The van der Waals surface area contributed by atoms with Crippen molar-refractivity contribution in [3.63, 3.8) is 0 Å². The van der Waals surface area contributed by atoms with E-state index in [2.05, 4.69) is 62.4 Å². The van der Waals surface area contributed by atoms with E-state index in [1.807, 2.05) is 12.1 Å². The largest absolute Gasteiger partial charge is 0.508 e. The standard InChI is InChI=1S/C25H22O/c1-25(2)23-6-4-3-5-21(23)22-12-10-19(15-24(22)25)16-7-8-18-14-20(26)11-9-17(18)13-16/h3,5,7-15,26H,4,6H2,1-2H3. The van der Waals surface area contributed by atoms with Crippen molar-refractivity contribution >= 4 is 16.3 Å². The Labute approximate surface area is 154 Å². The molecule has 0 saturated heterocycles. The van der Waals surface area contributed by atoms with E-state index in [0.717, 1.165) is 17.2 Å². The van der Waals surface area contributed by atoms with E-state index < -0.39 is 0 Å². The van der Waals surface area contributed by atoms with E-state index >= 15 is 0 Å². The zero-order chi connectivity index (χ0) is 17.9. The Morgan fingerprint density at radius 2 is 1.58 bits per heavy atom. The summed E-state index contributed by atoms with van der Waals surface area (Å²) in [7, 11) is 0. The molecule has 2 aliphatic rings. The number of benzene rings is 3. The molecule has 0 bridgehead atoms. The van der Waals surface area contributed by atoms with E-state index in [9.17, 15) is 5.11 Å². The van der Waals surface area contributed by atoms with Crippen LogP contribution in [0.1, 0.15) is 37.8 Å². The third kappa shape index (κ3) is 2.17. The molecule has 1 nitrogen and oxygen atoms in total. The lowest BCUT2D eigenvalue weighted by molar-refractivity contribution is 0.476. The van der Waals surface area contributed by atoms with E-state index in [0.29, 0.717) is 5.75 Å². The molecule has 0 saturated carbocycles. The molecular formula is C25H22O. The van der Waals surface area contributed by atoms with Gasteiger partial charge in [-0.05, 0) is 75.7 Å². The third-order valence-corrected chi connectivity index (χ3v) is 6.07. The molecule has 0 aliphatic heterocycles. The van der Waals surface area contributed by atoms with Crippen LogP contribution >= 0.6 is 0 Å². The van der Waals surface area contributed by atoms with Crippen molar-refractivity contribution in [3.05, 3.63) is 83.4 Å². The molecule has 26 heavy (non-hydrogen) atoms. The second-order valence-electron chi connectivity index (χ2n) is 7.96. The summed E-state index contributed by atoms with van der Waals surface area (Å²) in [5.74, 6) is 0.314. The van der Waals surface area contributed by atoms with Gasteiger partial charge in [0.1, 0.15) is 5.75 Å². The fourth-order valence-electron chi connectivity index (χ4n) is 4.62. The van der Waals surface area contributed by atoms with Crippen molar-refractivity contribution in [2.24, 2.45) is 0 Å². The van der Waals surface area contributed by atoms with Crippen LogP contribution in [0.5, 0.6) is 5.75 Å². The molecule has 2 aliphatic carbocycles. The number of fused-ring (bicyclic) bond motifs is 3. The van der Waals surface area contributed by atoms with Gasteiger partial charge in [-0.25, -0.2) is 0 Å². The minimum atomic E-state index is 0.105. The number of phenolic OH excluding ortho intramolecular Hbond substituents is 1. The first-order chi connectivity index (χ1) is 12.5. The molecule has 1 N–H and O–H groups in total. The van der Waals surface area contributed by atoms with Gasteiger partial charge >= 0.3 is 0 Å². The van der Waals surface area contributed by atoms with Crippen molar-refractivity contribution in [3.8, 4) is 16.9 Å². The highest BCUT2D eigenvalue weighted by Crippen LogP contribution is 2.50. The molecule has 3 aromatic carbocycles. The summed E-state index contributed by atoms with van der Waals surface area (Å²) in [6.45, 7) is 4.72. The second kappa shape index (κ2) is 5.35. The Kier molecular flexibility index (Phi) is 3.18. The Balaban J connectivity index is 1.64. The van der Waals surface area contributed by atoms with Crippen LogP contribution in [0.2, 0.25) is 0 Å². The van der Waals surface area contributed by atoms with Gasteiger partial charge in [-0.3, -0.25) is 0 Å². The molecule has 0 unspecified atom stereocenters. The molecule has 0 aromatic heterocycles. The lowest BCUT2D eigenvalue weighted by atomic mass is 9.78. The van der Waals surface area contributed by atoms with Gasteiger partial charge in [-0.2, -0.15) is 0 Å². The highest BCUT2D eigenvalue weighted by Gasteiger charge is 2.37. The van der Waals surface area contributed by atoms with Crippen LogP contribution in [0.15, 0.2) is 72.3 Å². The summed E-state index contributed by atoms with van der Waals surface area (Å²) in [5.41, 5.74) is 8.46. The highest BCUT2D eigenvalue weighted by atomic mass is 16.3.